The molecule has 1 aliphatic heterocycles. The number of rotatable bonds is 9. The van der Waals surface area contributed by atoms with Gasteiger partial charge in [-0.1, -0.05) is 29.8 Å². The van der Waals surface area contributed by atoms with Crippen LogP contribution in [0.4, 0.5) is 16.2 Å². The van der Waals surface area contributed by atoms with Crippen LogP contribution in [0.5, 0.6) is 17.2 Å². The second kappa shape index (κ2) is 12.6. The lowest BCUT2D eigenvalue weighted by molar-refractivity contribution is -0.122. The average molecular weight is 578 g/mol. The number of benzene rings is 3. The van der Waals surface area contributed by atoms with Crippen LogP contribution >= 0.6 is 11.6 Å². The molecule has 0 unspecified atom stereocenters. The van der Waals surface area contributed by atoms with E-state index in [-0.39, 0.29) is 35.3 Å². The number of halogens is 1. The molecule has 0 radical (unpaired) electrons. The Balaban J connectivity index is 1.59. The average Bonchev–Trinajstić information content (AvgIpc) is 2.93. The smallest absolute Gasteiger partial charge is 0.335 e. The number of aryl methyl sites for hydroxylation is 2. The molecule has 3 aromatic rings. The van der Waals surface area contributed by atoms with E-state index in [1.165, 1.54) is 25.3 Å². The summed E-state index contributed by atoms with van der Waals surface area (Å²) in [5, 5.41) is 5.00. The zero-order chi connectivity index (χ0) is 29.7. The van der Waals surface area contributed by atoms with Crippen molar-refractivity contribution in [2.75, 3.05) is 30.5 Å². The highest BCUT2D eigenvalue weighted by Crippen LogP contribution is 2.38. The summed E-state index contributed by atoms with van der Waals surface area (Å²) in [6, 6.07) is 14.2. The highest BCUT2D eigenvalue weighted by molar-refractivity contribution is 6.39. The molecule has 41 heavy (non-hydrogen) atoms. The molecule has 212 valence electrons. The number of hydrogen-bond acceptors (Lipinski definition) is 7. The molecular weight excluding hydrogens is 550 g/mol. The molecule has 2 N–H and O–H groups in total. The number of imide groups is 2. The Bertz CT molecular complexity index is 1570. The summed E-state index contributed by atoms with van der Waals surface area (Å²) in [5.41, 5.74) is 2.75. The van der Waals surface area contributed by atoms with E-state index < -0.39 is 23.8 Å². The number of anilines is 2. The molecule has 1 fully saturated rings. The predicted octanol–water partition coefficient (Wildman–Crippen LogP) is 5.05. The predicted molar refractivity (Wildman–Crippen MR) is 155 cm³/mol. The number of hydrogen-bond donors (Lipinski definition) is 2. The van der Waals surface area contributed by atoms with Crippen molar-refractivity contribution in [1.29, 1.82) is 0 Å². The lowest BCUT2D eigenvalue weighted by Crippen LogP contribution is -2.54. The summed E-state index contributed by atoms with van der Waals surface area (Å²) < 4.78 is 16.6. The van der Waals surface area contributed by atoms with Crippen molar-refractivity contribution in [3.8, 4) is 17.2 Å². The van der Waals surface area contributed by atoms with Crippen molar-refractivity contribution in [2.24, 2.45) is 0 Å². The van der Waals surface area contributed by atoms with Gasteiger partial charge in [0.25, 0.3) is 17.7 Å². The van der Waals surface area contributed by atoms with Gasteiger partial charge in [-0.3, -0.25) is 19.7 Å². The van der Waals surface area contributed by atoms with E-state index >= 15 is 0 Å². The summed E-state index contributed by atoms with van der Waals surface area (Å²) in [5.74, 6) is -1.29. The molecule has 5 amide bonds. The fourth-order valence-electron chi connectivity index (χ4n) is 4.07. The molecular formula is C30H28ClN3O7. The van der Waals surface area contributed by atoms with Gasteiger partial charge in [-0.25, -0.2) is 9.69 Å². The van der Waals surface area contributed by atoms with E-state index in [9.17, 15) is 19.2 Å². The standard InChI is InChI=1S/C30H28ClN3O7/c1-5-40-25-15-19(14-22(31)27(25)41-16-26(35)32-23-8-6-7-9-24(23)39-4)13-21-28(36)33-30(38)34(29(21)37)20-11-10-17(2)18(3)12-20/h6-15H,5,16H2,1-4H3,(H,32,35)(H,33,36,38)/b21-13-. The van der Waals surface area contributed by atoms with Crippen LogP contribution in [-0.4, -0.2) is 44.1 Å². The van der Waals surface area contributed by atoms with Crippen LogP contribution in [0.2, 0.25) is 5.02 Å². The monoisotopic (exact) mass is 577 g/mol. The molecule has 1 aliphatic rings. The first kappa shape index (κ1) is 29.2. The summed E-state index contributed by atoms with van der Waals surface area (Å²) in [4.78, 5) is 52.0. The summed E-state index contributed by atoms with van der Waals surface area (Å²) >= 11 is 6.50. The minimum absolute atomic E-state index is 0.0821. The number of carbonyl (C=O) groups is 4. The quantitative estimate of drug-likeness (QED) is 0.269. The second-order valence-corrected chi connectivity index (χ2v) is 9.43. The van der Waals surface area contributed by atoms with E-state index in [0.29, 0.717) is 22.7 Å². The first-order valence-corrected chi connectivity index (χ1v) is 13.0. The normalized spacial score (nSPS) is 14.1. The van der Waals surface area contributed by atoms with Crippen LogP contribution < -0.4 is 29.7 Å². The third-order valence-electron chi connectivity index (χ3n) is 6.22. The maximum absolute atomic E-state index is 13.3. The lowest BCUT2D eigenvalue weighted by Gasteiger charge is -2.27. The van der Waals surface area contributed by atoms with Gasteiger partial charge < -0.3 is 19.5 Å². The molecule has 0 saturated carbocycles. The molecule has 11 heteroatoms. The van der Waals surface area contributed by atoms with Gasteiger partial charge in [0.15, 0.2) is 18.1 Å². The van der Waals surface area contributed by atoms with Crippen LogP contribution in [0.25, 0.3) is 6.08 Å². The number of urea groups is 1. The van der Waals surface area contributed by atoms with Gasteiger partial charge in [-0.15, -0.1) is 0 Å². The minimum Gasteiger partial charge on any atom is -0.495 e. The molecule has 1 heterocycles. The van der Waals surface area contributed by atoms with Gasteiger partial charge >= 0.3 is 6.03 Å². The Morgan fingerprint density at radius 2 is 1.76 bits per heavy atom. The summed E-state index contributed by atoms with van der Waals surface area (Å²) in [7, 11) is 1.50. The molecule has 0 atom stereocenters. The first-order valence-electron chi connectivity index (χ1n) is 12.6. The number of carbonyl (C=O) groups excluding carboxylic acids is 4. The van der Waals surface area contributed by atoms with Crippen molar-refractivity contribution in [2.45, 2.75) is 20.8 Å². The third kappa shape index (κ3) is 6.50. The Hall–Kier alpha value is -4.83. The number of nitrogens with zero attached hydrogens (tertiary/aromatic N) is 1. The maximum Gasteiger partial charge on any atom is 0.335 e. The summed E-state index contributed by atoms with van der Waals surface area (Å²) in [6.45, 7) is 5.38. The molecule has 4 rings (SSSR count). The number of amides is 5. The van der Waals surface area contributed by atoms with E-state index in [1.54, 1.807) is 49.4 Å². The van der Waals surface area contributed by atoms with E-state index in [0.717, 1.165) is 16.0 Å². The first-order chi connectivity index (χ1) is 19.6. The summed E-state index contributed by atoms with van der Waals surface area (Å²) in [6.07, 6.45) is 1.31. The Kier molecular flexibility index (Phi) is 8.94. The van der Waals surface area contributed by atoms with Gasteiger partial charge in [0, 0.05) is 0 Å². The Morgan fingerprint density at radius 1 is 1.00 bits per heavy atom. The highest BCUT2D eigenvalue weighted by atomic mass is 35.5. The maximum atomic E-state index is 13.3. The molecule has 0 bridgehead atoms. The molecule has 0 spiro atoms. The van der Waals surface area contributed by atoms with E-state index in [2.05, 4.69) is 10.6 Å². The zero-order valence-electron chi connectivity index (χ0n) is 22.9. The second-order valence-electron chi connectivity index (χ2n) is 9.03. The molecule has 0 aromatic heterocycles. The molecule has 1 saturated heterocycles. The number of barbiturate groups is 1. The van der Waals surface area contributed by atoms with Crippen molar-refractivity contribution in [3.05, 3.63) is 81.9 Å². The SMILES string of the molecule is CCOc1cc(/C=C2/C(=O)NC(=O)N(c3ccc(C)c(C)c3)C2=O)cc(Cl)c1OCC(=O)Nc1ccccc1OC. The van der Waals surface area contributed by atoms with Gasteiger partial charge in [-0.2, -0.15) is 0 Å². The van der Waals surface area contributed by atoms with Crippen LogP contribution in [-0.2, 0) is 14.4 Å². The molecule has 10 nitrogen and oxygen atoms in total. The van der Waals surface area contributed by atoms with Crippen LogP contribution in [0, 0.1) is 13.8 Å². The largest absolute Gasteiger partial charge is 0.495 e. The van der Waals surface area contributed by atoms with Gasteiger partial charge in [0.2, 0.25) is 0 Å². The van der Waals surface area contributed by atoms with Crippen LogP contribution in [0.1, 0.15) is 23.6 Å². The zero-order valence-corrected chi connectivity index (χ0v) is 23.6. The Morgan fingerprint density at radius 3 is 2.46 bits per heavy atom. The number of methoxy groups -OCH3 is 1. The van der Waals surface area contributed by atoms with Crippen LogP contribution in [0.15, 0.2) is 60.2 Å². The van der Waals surface area contributed by atoms with Crippen molar-refractivity contribution in [3.63, 3.8) is 0 Å². The van der Waals surface area contributed by atoms with Crippen molar-refractivity contribution < 1.29 is 33.4 Å². The van der Waals surface area contributed by atoms with Gasteiger partial charge in [-0.05, 0) is 79.9 Å². The number of nitrogens with one attached hydrogen (secondary N) is 2. The highest BCUT2D eigenvalue weighted by Gasteiger charge is 2.37. The van der Waals surface area contributed by atoms with E-state index in [4.69, 9.17) is 25.8 Å². The molecule has 3 aromatic carbocycles. The minimum atomic E-state index is -0.845. The number of ether oxygens (including phenoxy) is 3. The van der Waals surface area contributed by atoms with Gasteiger partial charge in [0.05, 0.1) is 30.1 Å². The van der Waals surface area contributed by atoms with Crippen molar-refractivity contribution >= 4 is 52.8 Å². The third-order valence-corrected chi connectivity index (χ3v) is 6.50. The fourth-order valence-corrected chi connectivity index (χ4v) is 4.34. The van der Waals surface area contributed by atoms with Gasteiger partial charge in [0.1, 0.15) is 11.3 Å². The Labute approximate surface area is 241 Å². The molecule has 0 aliphatic carbocycles. The van der Waals surface area contributed by atoms with Crippen LogP contribution in [0.3, 0.4) is 0 Å². The topological polar surface area (TPSA) is 123 Å². The van der Waals surface area contributed by atoms with Crippen molar-refractivity contribution in [1.82, 2.24) is 5.32 Å². The van der Waals surface area contributed by atoms with E-state index in [1.807, 2.05) is 13.8 Å². The lowest BCUT2D eigenvalue weighted by atomic mass is 10.0. The fraction of sp³-hybridized carbons (Fsp3) is 0.200. The number of para-hydroxylation sites is 2.